The van der Waals surface area contributed by atoms with E-state index < -0.39 is 0 Å². The van der Waals surface area contributed by atoms with E-state index in [1.807, 2.05) is 44.2 Å². The summed E-state index contributed by atoms with van der Waals surface area (Å²) in [6.45, 7) is 52.4. The van der Waals surface area contributed by atoms with Gasteiger partial charge in [-0.05, 0) is 153 Å². The Morgan fingerprint density at radius 2 is 0.736 bits per heavy atom. The molecule has 7 rings (SSSR count). The van der Waals surface area contributed by atoms with Crippen LogP contribution in [-0.4, -0.2) is 17.0 Å². The zero-order valence-corrected chi connectivity index (χ0v) is 49.7. The quantitative estimate of drug-likeness (QED) is 0.172. The number of phenolic OH excluding ortho intramolecular Hbond substituents is 2. The van der Waals surface area contributed by atoms with E-state index in [0.717, 1.165) is 29.0 Å². The molecule has 4 nitrogen and oxygen atoms in total. The number of phenols is 2. The highest BCUT2D eigenvalue weighted by Gasteiger charge is 2.20. The summed E-state index contributed by atoms with van der Waals surface area (Å²) in [7, 11) is 0. The van der Waals surface area contributed by atoms with Gasteiger partial charge in [0.15, 0.2) is 11.5 Å². The summed E-state index contributed by atoms with van der Waals surface area (Å²) < 4.78 is 10.6. The number of fused-ring (bicyclic) bond motifs is 1. The van der Waals surface area contributed by atoms with Crippen molar-refractivity contribution in [3.8, 4) is 23.0 Å². The molecule has 0 atom stereocenters. The lowest BCUT2D eigenvalue weighted by molar-refractivity contribution is 0.174. The van der Waals surface area contributed by atoms with Crippen molar-refractivity contribution in [3.63, 3.8) is 0 Å². The number of aromatic hydroxyl groups is 2. The first kappa shape index (κ1) is 62.6. The lowest BCUT2D eigenvalue weighted by Crippen LogP contribution is -2.11. The molecule has 0 unspecified atom stereocenters. The second kappa shape index (κ2) is 26.0. The molecule has 0 saturated carbocycles. The first-order valence-corrected chi connectivity index (χ1v) is 26.1. The minimum atomic E-state index is 0.115. The van der Waals surface area contributed by atoms with Gasteiger partial charge < -0.3 is 19.7 Å². The largest absolute Gasteiger partial charge is 0.508 e. The summed E-state index contributed by atoms with van der Waals surface area (Å²) in [5.74, 6) is 2.54. The van der Waals surface area contributed by atoms with Crippen LogP contribution in [0.1, 0.15) is 198 Å². The molecule has 1 aliphatic rings. The van der Waals surface area contributed by atoms with Gasteiger partial charge in [-0.25, -0.2) is 0 Å². The predicted octanol–water partition coefficient (Wildman–Crippen LogP) is 19.1. The topological polar surface area (TPSA) is 58.9 Å². The van der Waals surface area contributed by atoms with Gasteiger partial charge in [-0.1, -0.05) is 240 Å². The molecule has 1 aliphatic heterocycles. The van der Waals surface area contributed by atoms with Crippen LogP contribution in [0.4, 0.5) is 0 Å². The molecule has 4 heteroatoms. The third-order valence-electron chi connectivity index (χ3n) is 12.8. The van der Waals surface area contributed by atoms with Gasteiger partial charge >= 0.3 is 0 Å². The number of hydrogen-bond donors (Lipinski definition) is 2. The molecule has 0 fully saturated rings. The average Bonchev–Trinajstić information content (AvgIpc) is 3.74. The Bertz CT molecular complexity index is 2520. The number of hydrogen-bond acceptors (Lipinski definition) is 4. The third-order valence-corrected chi connectivity index (χ3v) is 12.8. The molecular formula is C68H98O4. The van der Waals surface area contributed by atoms with Crippen LogP contribution in [0.3, 0.4) is 0 Å². The van der Waals surface area contributed by atoms with E-state index in [1.54, 1.807) is 0 Å². The lowest BCUT2D eigenvalue weighted by Gasteiger charge is -2.19. The Hall–Kier alpha value is -5.48. The molecule has 394 valence electrons. The maximum Gasteiger partial charge on any atom is 0.231 e. The molecule has 6 aromatic carbocycles. The molecule has 0 aromatic heterocycles. The van der Waals surface area contributed by atoms with Crippen LogP contribution in [0.2, 0.25) is 0 Å². The highest BCUT2D eigenvalue weighted by molar-refractivity contribution is 5.46. The van der Waals surface area contributed by atoms with E-state index in [9.17, 15) is 10.2 Å². The summed E-state index contributed by atoms with van der Waals surface area (Å²) in [6.07, 6.45) is 0.885. The minimum absolute atomic E-state index is 0.115. The molecule has 0 radical (unpaired) electrons. The predicted molar refractivity (Wildman–Crippen MR) is 313 cm³/mol. The second-order valence-corrected chi connectivity index (χ2v) is 25.8. The van der Waals surface area contributed by atoms with E-state index >= 15 is 0 Å². The summed E-state index contributed by atoms with van der Waals surface area (Å²) in [5, 5.41) is 19.1. The zero-order valence-electron chi connectivity index (χ0n) is 49.7. The van der Waals surface area contributed by atoms with E-state index in [2.05, 4.69) is 243 Å². The van der Waals surface area contributed by atoms with Crippen molar-refractivity contribution in [2.45, 2.75) is 205 Å². The molecule has 0 spiro atoms. The number of rotatable bonds is 1. The fourth-order valence-electron chi connectivity index (χ4n) is 7.14. The Morgan fingerprint density at radius 3 is 1.15 bits per heavy atom. The molecular weight excluding hydrogens is 881 g/mol. The van der Waals surface area contributed by atoms with Crippen LogP contribution in [0.5, 0.6) is 23.0 Å². The van der Waals surface area contributed by atoms with E-state index in [1.165, 1.54) is 55.6 Å². The summed E-state index contributed by atoms with van der Waals surface area (Å²) >= 11 is 0. The summed E-state index contributed by atoms with van der Waals surface area (Å²) in [6, 6.07) is 42.1. The Morgan fingerprint density at radius 1 is 0.347 bits per heavy atom. The van der Waals surface area contributed by atoms with Crippen molar-refractivity contribution in [2.24, 2.45) is 0 Å². The third kappa shape index (κ3) is 21.3. The van der Waals surface area contributed by atoms with E-state index in [4.69, 9.17) is 9.47 Å². The number of ether oxygens (including phenoxy) is 2. The van der Waals surface area contributed by atoms with Crippen LogP contribution >= 0.6 is 0 Å². The molecule has 0 amide bonds. The molecule has 2 N–H and O–H groups in total. The van der Waals surface area contributed by atoms with Gasteiger partial charge in [0.25, 0.3) is 0 Å². The molecule has 72 heavy (non-hydrogen) atoms. The van der Waals surface area contributed by atoms with Crippen LogP contribution in [0.15, 0.2) is 121 Å². The Balaban J connectivity index is 0.000000296. The first-order valence-electron chi connectivity index (χ1n) is 26.1. The van der Waals surface area contributed by atoms with E-state index in [-0.39, 0.29) is 32.5 Å². The molecule has 6 aromatic rings. The van der Waals surface area contributed by atoms with Crippen molar-refractivity contribution in [1.82, 2.24) is 0 Å². The van der Waals surface area contributed by atoms with Crippen molar-refractivity contribution in [2.75, 3.05) is 6.79 Å². The fraction of sp³-hybridized carbons (Fsp3) is 0.471. The molecule has 1 heterocycles. The normalized spacial score (nSPS) is 12.2. The maximum absolute atomic E-state index is 9.65. The van der Waals surface area contributed by atoms with Gasteiger partial charge in [0.2, 0.25) is 6.79 Å². The second-order valence-electron chi connectivity index (χ2n) is 25.8. The van der Waals surface area contributed by atoms with Gasteiger partial charge in [0.05, 0.1) is 0 Å². The maximum atomic E-state index is 9.65. The van der Waals surface area contributed by atoms with Crippen molar-refractivity contribution in [3.05, 3.63) is 188 Å². The zero-order chi connectivity index (χ0) is 55.2. The van der Waals surface area contributed by atoms with Crippen molar-refractivity contribution in [1.29, 1.82) is 0 Å². The highest BCUT2D eigenvalue weighted by Crippen LogP contribution is 2.36. The highest BCUT2D eigenvalue weighted by atomic mass is 16.7. The lowest BCUT2D eigenvalue weighted by atomic mass is 9.85. The molecule has 0 saturated heterocycles. The summed E-state index contributed by atoms with van der Waals surface area (Å²) in [5.41, 5.74) is 16.5. The van der Waals surface area contributed by atoms with Crippen LogP contribution in [0, 0.1) is 34.6 Å². The average molecular weight is 980 g/mol. The van der Waals surface area contributed by atoms with Gasteiger partial charge in [0.1, 0.15) is 11.5 Å². The minimum Gasteiger partial charge on any atom is -0.508 e. The van der Waals surface area contributed by atoms with Crippen LogP contribution in [0.25, 0.3) is 0 Å². The SMILES string of the molecule is CC(C)(C)c1ccc2c(c1)OCO2.CCc1ccc(C(C)(C)C)cc1O.Cc1ccc(C(C)(C)C)cc1.Cc1ccc(C(C)(C)C)cc1C.Cc1ccc(C(C)(C)C)cc1O.Cc1cccc(C(C)(C)C)c1. The first-order chi connectivity index (χ1) is 32.8. The Kier molecular flexibility index (Phi) is 22.6. The van der Waals surface area contributed by atoms with Crippen molar-refractivity contribution >= 4 is 0 Å². The molecule has 0 aliphatic carbocycles. The standard InChI is InChI=1S/C12H18O.C12H18.C11H14O2.C11H16O.2C11H16/c1-5-9-6-7-10(8-11(9)13)12(2,3)4;1-9-6-7-11(8-10(9)2)12(3,4)5;1-11(2,3)8-4-5-9-10(6-8)13-7-12-9;1-8-5-6-9(7-10(8)12)11(2,3)4;1-9-5-7-10(8-6-9)11(2,3)4;1-9-6-5-7-10(8-9)11(2,3)4/h6-8,13H,5H2,1-4H3;6-8H,1-5H3;4-6H,7H2,1-3H3;5-7,12H,1-4H3;2*5-8H,1-4H3. The Labute approximate surface area is 440 Å². The smallest absolute Gasteiger partial charge is 0.231 e. The van der Waals surface area contributed by atoms with Gasteiger partial charge in [-0.15, -0.1) is 0 Å². The van der Waals surface area contributed by atoms with Crippen LogP contribution < -0.4 is 9.47 Å². The van der Waals surface area contributed by atoms with E-state index in [0.29, 0.717) is 18.3 Å². The van der Waals surface area contributed by atoms with Gasteiger partial charge in [-0.2, -0.15) is 0 Å². The van der Waals surface area contributed by atoms with Crippen LogP contribution in [-0.2, 0) is 38.9 Å². The number of benzene rings is 6. The molecule has 0 bridgehead atoms. The van der Waals surface area contributed by atoms with Crippen molar-refractivity contribution < 1.29 is 19.7 Å². The monoisotopic (exact) mass is 979 g/mol. The number of aryl methyl sites for hydroxylation is 6. The summed E-state index contributed by atoms with van der Waals surface area (Å²) in [4.78, 5) is 0. The fourth-order valence-corrected chi connectivity index (χ4v) is 7.14. The van der Waals surface area contributed by atoms with Gasteiger partial charge in [0, 0.05) is 0 Å². The van der Waals surface area contributed by atoms with Gasteiger partial charge in [-0.3, -0.25) is 0 Å².